The van der Waals surface area contributed by atoms with Crippen LogP contribution in [0, 0.1) is 16.0 Å². The largest absolute Gasteiger partial charge is 0.502 e. The first-order valence-electron chi connectivity index (χ1n) is 6.30. The van der Waals surface area contributed by atoms with Crippen molar-refractivity contribution in [1.82, 2.24) is 4.31 Å². The molecule has 0 aliphatic carbocycles. The standard InChI is InChI=1S/C12H16N2O5S/c1-9-3-2-6-13(8-9)20(18,19)10-4-5-12(15)11(7-10)14(16)17/h4-5,7,9,15H,2-3,6,8H2,1H3. The van der Waals surface area contributed by atoms with Crippen LogP contribution in [0.15, 0.2) is 23.1 Å². The maximum Gasteiger partial charge on any atom is 0.312 e. The van der Waals surface area contributed by atoms with Gasteiger partial charge in [0.05, 0.1) is 9.82 Å². The molecule has 110 valence electrons. The van der Waals surface area contributed by atoms with Gasteiger partial charge in [-0.25, -0.2) is 8.42 Å². The highest BCUT2D eigenvalue weighted by molar-refractivity contribution is 7.89. The van der Waals surface area contributed by atoms with Crippen LogP contribution in [-0.2, 0) is 10.0 Å². The topological polar surface area (TPSA) is 101 Å². The Morgan fingerprint density at radius 1 is 1.45 bits per heavy atom. The molecule has 8 heteroatoms. The SMILES string of the molecule is CC1CCCN(S(=O)(=O)c2ccc(O)c([N+](=O)[O-])c2)C1. The number of phenolic OH excluding ortho intramolecular Hbond substituents is 1. The van der Waals surface area contributed by atoms with E-state index in [0.29, 0.717) is 13.1 Å². The van der Waals surface area contributed by atoms with Crippen molar-refractivity contribution in [3.8, 4) is 5.75 Å². The number of nitro benzene ring substituents is 1. The Hall–Kier alpha value is -1.67. The molecule has 1 atom stereocenters. The summed E-state index contributed by atoms with van der Waals surface area (Å²) in [7, 11) is -3.75. The summed E-state index contributed by atoms with van der Waals surface area (Å²) in [5, 5.41) is 20.1. The molecule has 1 unspecified atom stereocenters. The molecule has 0 spiro atoms. The summed E-state index contributed by atoms with van der Waals surface area (Å²) in [6.07, 6.45) is 1.75. The van der Waals surface area contributed by atoms with Crippen LogP contribution < -0.4 is 0 Å². The fourth-order valence-electron chi connectivity index (χ4n) is 2.32. The molecule has 1 aromatic carbocycles. The summed E-state index contributed by atoms with van der Waals surface area (Å²) >= 11 is 0. The van der Waals surface area contributed by atoms with E-state index in [1.165, 1.54) is 10.4 Å². The molecular formula is C12H16N2O5S. The molecule has 1 aromatic rings. The minimum Gasteiger partial charge on any atom is -0.502 e. The van der Waals surface area contributed by atoms with Crippen LogP contribution in [-0.4, -0.2) is 35.8 Å². The first-order chi connectivity index (χ1) is 9.32. The van der Waals surface area contributed by atoms with E-state index in [0.717, 1.165) is 25.0 Å². The minimum atomic E-state index is -3.75. The molecule has 0 saturated carbocycles. The van der Waals surface area contributed by atoms with Gasteiger partial charge in [0.2, 0.25) is 10.0 Å². The highest BCUT2D eigenvalue weighted by Gasteiger charge is 2.30. The van der Waals surface area contributed by atoms with E-state index in [-0.39, 0.29) is 10.8 Å². The Kier molecular flexibility index (Phi) is 3.96. The number of rotatable bonds is 3. The molecule has 1 saturated heterocycles. The lowest BCUT2D eigenvalue weighted by Crippen LogP contribution is -2.39. The smallest absolute Gasteiger partial charge is 0.312 e. The molecule has 0 amide bonds. The van der Waals surface area contributed by atoms with Crippen LogP contribution in [0.2, 0.25) is 0 Å². The number of phenols is 1. The zero-order valence-electron chi connectivity index (χ0n) is 11.0. The zero-order valence-corrected chi connectivity index (χ0v) is 11.8. The first kappa shape index (κ1) is 14.7. The van der Waals surface area contributed by atoms with E-state index in [9.17, 15) is 23.6 Å². The lowest BCUT2D eigenvalue weighted by Gasteiger charge is -2.29. The second-order valence-electron chi connectivity index (χ2n) is 5.02. The number of piperidine rings is 1. The Bertz CT molecular complexity index is 629. The summed E-state index contributed by atoms with van der Waals surface area (Å²) in [5.41, 5.74) is -0.601. The van der Waals surface area contributed by atoms with Crippen LogP contribution in [0.3, 0.4) is 0 Å². The number of sulfonamides is 1. The van der Waals surface area contributed by atoms with E-state index in [2.05, 4.69) is 0 Å². The molecular weight excluding hydrogens is 284 g/mol. The highest BCUT2D eigenvalue weighted by atomic mass is 32.2. The number of nitrogens with zero attached hydrogens (tertiary/aromatic N) is 2. The third-order valence-corrected chi connectivity index (χ3v) is 5.26. The number of aromatic hydroxyl groups is 1. The molecule has 2 rings (SSSR count). The molecule has 1 aliphatic rings. The molecule has 0 aromatic heterocycles. The maximum absolute atomic E-state index is 12.4. The van der Waals surface area contributed by atoms with Gasteiger partial charge in [-0.2, -0.15) is 4.31 Å². The summed E-state index contributed by atoms with van der Waals surface area (Å²) in [6.45, 7) is 2.80. The van der Waals surface area contributed by atoms with Gasteiger partial charge in [0.15, 0.2) is 5.75 Å². The summed E-state index contributed by atoms with van der Waals surface area (Å²) < 4.78 is 26.2. The van der Waals surface area contributed by atoms with Gasteiger partial charge < -0.3 is 5.11 Å². The molecule has 0 bridgehead atoms. The first-order valence-corrected chi connectivity index (χ1v) is 7.74. The molecule has 1 fully saturated rings. The van der Waals surface area contributed by atoms with E-state index < -0.39 is 26.4 Å². The fraction of sp³-hybridized carbons (Fsp3) is 0.500. The molecule has 7 nitrogen and oxygen atoms in total. The monoisotopic (exact) mass is 300 g/mol. The third-order valence-electron chi connectivity index (χ3n) is 3.40. The molecule has 0 radical (unpaired) electrons. The van der Waals surface area contributed by atoms with Crippen LogP contribution in [0.5, 0.6) is 5.75 Å². The van der Waals surface area contributed by atoms with Gasteiger partial charge in [0.25, 0.3) is 0 Å². The van der Waals surface area contributed by atoms with Crippen LogP contribution in [0.25, 0.3) is 0 Å². The van der Waals surface area contributed by atoms with Gasteiger partial charge in [-0.05, 0) is 30.9 Å². The van der Waals surface area contributed by atoms with Gasteiger partial charge in [-0.15, -0.1) is 0 Å². The van der Waals surface area contributed by atoms with Crippen LogP contribution in [0.1, 0.15) is 19.8 Å². The predicted octanol–water partition coefficient (Wildman–Crippen LogP) is 1.72. The lowest BCUT2D eigenvalue weighted by molar-refractivity contribution is -0.386. The summed E-state index contributed by atoms with van der Waals surface area (Å²) in [6, 6.07) is 3.14. The molecule has 1 N–H and O–H groups in total. The maximum atomic E-state index is 12.4. The van der Waals surface area contributed by atoms with Crippen molar-refractivity contribution < 1.29 is 18.4 Å². The van der Waals surface area contributed by atoms with Crippen molar-refractivity contribution in [1.29, 1.82) is 0 Å². The second kappa shape index (κ2) is 5.37. The van der Waals surface area contributed by atoms with Crippen molar-refractivity contribution in [2.45, 2.75) is 24.7 Å². The average molecular weight is 300 g/mol. The van der Waals surface area contributed by atoms with E-state index >= 15 is 0 Å². The third kappa shape index (κ3) is 2.75. The number of hydrogen-bond acceptors (Lipinski definition) is 5. The summed E-state index contributed by atoms with van der Waals surface area (Å²) in [5.74, 6) is -0.272. The minimum absolute atomic E-state index is 0.156. The molecule has 1 aliphatic heterocycles. The van der Waals surface area contributed by atoms with E-state index in [1.807, 2.05) is 6.92 Å². The van der Waals surface area contributed by atoms with Gasteiger partial charge in [0, 0.05) is 19.2 Å². The fourth-order valence-corrected chi connectivity index (χ4v) is 3.94. The van der Waals surface area contributed by atoms with Crippen molar-refractivity contribution in [3.05, 3.63) is 28.3 Å². The molecule has 20 heavy (non-hydrogen) atoms. The average Bonchev–Trinajstić information content (AvgIpc) is 2.38. The molecule has 1 heterocycles. The number of hydrogen-bond donors (Lipinski definition) is 1. The van der Waals surface area contributed by atoms with Crippen molar-refractivity contribution >= 4 is 15.7 Å². The Morgan fingerprint density at radius 3 is 2.75 bits per heavy atom. The van der Waals surface area contributed by atoms with E-state index in [1.54, 1.807) is 0 Å². The zero-order chi connectivity index (χ0) is 14.9. The van der Waals surface area contributed by atoms with E-state index in [4.69, 9.17) is 0 Å². The Labute approximate surface area is 117 Å². The highest BCUT2D eigenvalue weighted by Crippen LogP contribution is 2.30. The van der Waals surface area contributed by atoms with Gasteiger partial charge >= 0.3 is 5.69 Å². The predicted molar refractivity (Wildman–Crippen MR) is 71.9 cm³/mol. The van der Waals surface area contributed by atoms with Gasteiger partial charge in [-0.1, -0.05) is 6.92 Å². The van der Waals surface area contributed by atoms with Crippen molar-refractivity contribution in [2.75, 3.05) is 13.1 Å². The van der Waals surface area contributed by atoms with Crippen molar-refractivity contribution in [3.63, 3.8) is 0 Å². The number of benzene rings is 1. The number of nitro groups is 1. The van der Waals surface area contributed by atoms with Gasteiger partial charge in [-0.3, -0.25) is 10.1 Å². The van der Waals surface area contributed by atoms with Crippen LogP contribution >= 0.6 is 0 Å². The quantitative estimate of drug-likeness (QED) is 0.676. The Balaban J connectivity index is 2.39. The second-order valence-corrected chi connectivity index (χ2v) is 6.96. The van der Waals surface area contributed by atoms with Gasteiger partial charge in [0.1, 0.15) is 0 Å². The lowest BCUT2D eigenvalue weighted by atomic mass is 10.0. The van der Waals surface area contributed by atoms with Crippen molar-refractivity contribution in [2.24, 2.45) is 5.92 Å². The summed E-state index contributed by atoms with van der Waals surface area (Å²) in [4.78, 5) is 9.81. The normalized spacial score (nSPS) is 20.8. The van der Waals surface area contributed by atoms with Crippen LogP contribution in [0.4, 0.5) is 5.69 Å². The Morgan fingerprint density at radius 2 is 2.15 bits per heavy atom.